The van der Waals surface area contributed by atoms with E-state index in [1.165, 1.54) is 32.4 Å². The summed E-state index contributed by atoms with van der Waals surface area (Å²) in [5, 5.41) is 9.87. The molecule has 104 valence electrons. The summed E-state index contributed by atoms with van der Waals surface area (Å²) >= 11 is 0. The van der Waals surface area contributed by atoms with Crippen LogP contribution in [0.5, 0.6) is 0 Å². The lowest BCUT2D eigenvalue weighted by molar-refractivity contribution is 0.199. The van der Waals surface area contributed by atoms with Crippen molar-refractivity contribution in [2.24, 2.45) is 0 Å². The lowest BCUT2D eigenvalue weighted by Gasteiger charge is -2.25. The second kappa shape index (κ2) is 5.47. The van der Waals surface area contributed by atoms with Crippen molar-refractivity contribution in [1.29, 1.82) is 0 Å². The van der Waals surface area contributed by atoms with E-state index in [0.717, 1.165) is 24.5 Å². The maximum atomic E-state index is 9.87. The fourth-order valence-electron chi connectivity index (χ4n) is 3.34. The number of aliphatic hydroxyl groups excluding tert-OH is 1. The average molecular weight is 261 g/mol. The molecule has 3 heterocycles. The van der Waals surface area contributed by atoms with Crippen molar-refractivity contribution in [1.82, 2.24) is 9.88 Å². The summed E-state index contributed by atoms with van der Waals surface area (Å²) in [6.45, 7) is 6.43. The van der Waals surface area contributed by atoms with E-state index < -0.39 is 6.10 Å². The molecule has 0 aliphatic carbocycles. The summed E-state index contributed by atoms with van der Waals surface area (Å²) < 4.78 is 0. The lowest BCUT2D eigenvalue weighted by atomic mass is 10.1. The topological polar surface area (TPSA) is 39.6 Å². The van der Waals surface area contributed by atoms with Crippen molar-refractivity contribution in [2.75, 3.05) is 31.1 Å². The third-order valence-electron chi connectivity index (χ3n) is 4.39. The molecule has 0 saturated carbocycles. The van der Waals surface area contributed by atoms with E-state index in [9.17, 15) is 5.11 Å². The predicted molar refractivity (Wildman–Crippen MR) is 76.3 cm³/mol. The Kier molecular flexibility index (Phi) is 3.71. The summed E-state index contributed by atoms with van der Waals surface area (Å²) in [6.07, 6.45) is 5.28. The van der Waals surface area contributed by atoms with Crippen molar-refractivity contribution in [2.45, 2.75) is 38.3 Å². The highest BCUT2D eigenvalue weighted by atomic mass is 16.3. The van der Waals surface area contributed by atoms with Crippen LogP contribution >= 0.6 is 0 Å². The third kappa shape index (κ3) is 2.60. The number of aliphatic hydroxyl groups is 1. The highest BCUT2D eigenvalue weighted by Gasteiger charge is 2.30. The molecule has 0 radical (unpaired) electrons. The van der Waals surface area contributed by atoms with Crippen LogP contribution in [0, 0.1) is 0 Å². The number of hydrogen-bond acceptors (Lipinski definition) is 4. The molecule has 0 bridgehead atoms. The molecule has 3 rings (SSSR count). The Morgan fingerprint density at radius 3 is 2.84 bits per heavy atom. The lowest BCUT2D eigenvalue weighted by Crippen LogP contribution is -2.35. The number of anilines is 1. The molecule has 2 fully saturated rings. The molecule has 1 N–H and O–H groups in total. The Morgan fingerprint density at radius 1 is 1.32 bits per heavy atom. The van der Waals surface area contributed by atoms with Crippen LogP contribution in [-0.2, 0) is 0 Å². The van der Waals surface area contributed by atoms with E-state index in [4.69, 9.17) is 0 Å². The molecule has 0 spiro atoms. The van der Waals surface area contributed by atoms with Crippen molar-refractivity contribution < 1.29 is 5.11 Å². The summed E-state index contributed by atoms with van der Waals surface area (Å²) in [6, 6.07) is 4.56. The normalized spacial score (nSPS) is 26.0. The molecule has 1 unspecified atom stereocenters. The first kappa shape index (κ1) is 12.9. The van der Waals surface area contributed by atoms with Gasteiger partial charge in [0.2, 0.25) is 0 Å². The number of pyridine rings is 1. The van der Waals surface area contributed by atoms with Crippen molar-refractivity contribution in [3.8, 4) is 0 Å². The SMILES string of the molecule is C[C@@H](O)c1cccnc1N1CCC(N2CCCC2)C1. The van der Waals surface area contributed by atoms with Crippen LogP contribution in [0.3, 0.4) is 0 Å². The van der Waals surface area contributed by atoms with Crippen LogP contribution in [0.2, 0.25) is 0 Å². The molecule has 2 saturated heterocycles. The van der Waals surface area contributed by atoms with E-state index in [0.29, 0.717) is 6.04 Å². The molecule has 1 aromatic heterocycles. The summed E-state index contributed by atoms with van der Waals surface area (Å²) in [5.74, 6) is 0.971. The molecular formula is C15H23N3O. The average Bonchev–Trinajstić information content (AvgIpc) is 3.09. The molecule has 0 amide bonds. The van der Waals surface area contributed by atoms with Crippen LogP contribution in [0.1, 0.15) is 37.9 Å². The van der Waals surface area contributed by atoms with Gasteiger partial charge in [-0.1, -0.05) is 6.07 Å². The van der Waals surface area contributed by atoms with Gasteiger partial charge in [0, 0.05) is 30.9 Å². The standard InChI is InChI=1S/C15H23N3O/c1-12(19)14-5-4-7-16-15(14)18-10-6-13(11-18)17-8-2-3-9-17/h4-5,7,12-13,19H,2-3,6,8-11H2,1H3/t12-,13?/m1/s1. The highest BCUT2D eigenvalue weighted by Crippen LogP contribution is 2.29. The molecule has 1 aromatic rings. The first-order valence-corrected chi connectivity index (χ1v) is 7.37. The zero-order valence-electron chi connectivity index (χ0n) is 11.6. The van der Waals surface area contributed by atoms with Gasteiger partial charge in [0.15, 0.2) is 0 Å². The van der Waals surface area contributed by atoms with E-state index in [-0.39, 0.29) is 0 Å². The number of aromatic nitrogens is 1. The zero-order chi connectivity index (χ0) is 13.2. The molecule has 2 aliphatic rings. The van der Waals surface area contributed by atoms with Gasteiger partial charge in [-0.25, -0.2) is 4.98 Å². The molecular weight excluding hydrogens is 238 g/mol. The first-order chi connectivity index (χ1) is 9.25. The van der Waals surface area contributed by atoms with Gasteiger partial charge < -0.3 is 10.0 Å². The van der Waals surface area contributed by atoms with Crippen LogP contribution in [-0.4, -0.2) is 47.2 Å². The quantitative estimate of drug-likeness (QED) is 0.901. The Hall–Kier alpha value is -1.13. The predicted octanol–water partition coefficient (Wildman–Crippen LogP) is 1.81. The van der Waals surface area contributed by atoms with Gasteiger partial charge in [-0.15, -0.1) is 0 Å². The Labute approximate surface area is 115 Å². The Balaban J connectivity index is 1.73. The van der Waals surface area contributed by atoms with Crippen LogP contribution in [0.4, 0.5) is 5.82 Å². The molecule has 0 aromatic carbocycles. The molecule has 19 heavy (non-hydrogen) atoms. The Morgan fingerprint density at radius 2 is 2.11 bits per heavy atom. The summed E-state index contributed by atoms with van der Waals surface area (Å²) in [5.41, 5.74) is 0.949. The van der Waals surface area contributed by atoms with Gasteiger partial charge in [-0.2, -0.15) is 0 Å². The molecule has 4 heteroatoms. The number of nitrogens with zero attached hydrogens (tertiary/aromatic N) is 3. The van der Waals surface area contributed by atoms with Crippen molar-refractivity contribution >= 4 is 5.82 Å². The second-order valence-corrected chi connectivity index (χ2v) is 5.72. The summed E-state index contributed by atoms with van der Waals surface area (Å²) in [7, 11) is 0. The third-order valence-corrected chi connectivity index (χ3v) is 4.39. The largest absolute Gasteiger partial charge is 0.389 e. The molecule has 2 aliphatic heterocycles. The van der Waals surface area contributed by atoms with Gasteiger partial charge in [0.25, 0.3) is 0 Å². The van der Waals surface area contributed by atoms with Gasteiger partial charge in [0.1, 0.15) is 5.82 Å². The van der Waals surface area contributed by atoms with Gasteiger partial charge in [-0.3, -0.25) is 4.90 Å². The van der Waals surface area contributed by atoms with Crippen molar-refractivity contribution in [3.05, 3.63) is 23.9 Å². The van der Waals surface area contributed by atoms with E-state index in [1.807, 2.05) is 25.3 Å². The minimum absolute atomic E-state index is 0.450. The number of hydrogen-bond donors (Lipinski definition) is 1. The minimum atomic E-state index is -0.450. The maximum absolute atomic E-state index is 9.87. The van der Waals surface area contributed by atoms with Crippen molar-refractivity contribution in [3.63, 3.8) is 0 Å². The second-order valence-electron chi connectivity index (χ2n) is 5.72. The van der Waals surface area contributed by atoms with Crippen LogP contribution in [0.15, 0.2) is 18.3 Å². The van der Waals surface area contributed by atoms with Crippen LogP contribution < -0.4 is 4.90 Å². The highest BCUT2D eigenvalue weighted by molar-refractivity contribution is 5.49. The first-order valence-electron chi connectivity index (χ1n) is 7.37. The monoisotopic (exact) mass is 261 g/mol. The summed E-state index contributed by atoms with van der Waals surface area (Å²) in [4.78, 5) is 9.44. The molecule has 4 nitrogen and oxygen atoms in total. The van der Waals surface area contributed by atoms with E-state index >= 15 is 0 Å². The fraction of sp³-hybridized carbons (Fsp3) is 0.667. The van der Waals surface area contributed by atoms with E-state index in [2.05, 4.69) is 14.8 Å². The van der Waals surface area contributed by atoms with Gasteiger partial charge in [0.05, 0.1) is 6.10 Å². The zero-order valence-corrected chi connectivity index (χ0v) is 11.6. The molecule has 2 atom stereocenters. The fourth-order valence-corrected chi connectivity index (χ4v) is 3.34. The maximum Gasteiger partial charge on any atom is 0.134 e. The smallest absolute Gasteiger partial charge is 0.134 e. The van der Waals surface area contributed by atoms with Crippen LogP contribution in [0.25, 0.3) is 0 Å². The number of likely N-dealkylation sites (tertiary alicyclic amines) is 1. The van der Waals surface area contributed by atoms with Gasteiger partial charge in [-0.05, 0) is 45.3 Å². The number of rotatable bonds is 3. The Bertz CT molecular complexity index is 429. The minimum Gasteiger partial charge on any atom is -0.389 e. The van der Waals surface area contributed by atoms with Gasteiger partial charge >= 0.3 is 0 Å². The van der Waals surface area contributed by atoms with E-state index in [1.54, 1.807) is 0 Å².